The Bertz CT molecular complexity index is 2610. The molecule has 1 aliphatic heterocycles. The third kappa shape index (κ3) is 6.09. The van der Waals surface area contributed by atoms with Gasteiger partial charge in [-0.15, -0.1) is 0 Å². The Kier molecular flexibility index (Phi) is 7.96. The highest BCUT2D eigenvalue weighted by Gasteiger charge is 2.17. The second-order valence-corrected chi connectivity index (χ2v) is 13.0. The Morgan fingerprint density at radius 2 is 0.843 bits per heavy atom. The van der Waals surface area contributed by atoms with Crippen molar-refractivity contribution in [2.45, 2.75) is 6.42 Å². The highest BCUT2D eigenvalue weighted by molar-refractivity contribution is 6.17. The van der Waals surface area contributed by atoms with E-state index in [1.165, 1.54) is 38.2 Å². The van der Waals surface area contributed by atoms with Crippen LogP contribution in [0.2, 0.25) is 0 Å². The first-order valence-corrected chi connectivity index (χ1v) is 17.5. The largest absolute Gasteiger partial charge is 0.232 e. The molecule has 0 saturated carbocycles. The minimum absolute atomic E-state index is 0.685. The van der Waals surface area contributed by atoms with Crippen LogP contribution in [-0.4, -0.2) is 11.5 Å². The van der Waals surface area contributed by atoms with Crippen LogP contribution >= 0.6 is 0 Å². The number of amidine groups is 1. The van der Waals surface area contributed by atoms with Crippen molar-refractivity contribution in [2.24, 2.45) is 9.98 Å². The van der Waals surface area contributed by atoms with Gasteiger partial charge in [-0.2, -0.15) is 0 Å². The van der Waals surface area contributed by atoms with Crippen LogP contribution in [0, 0.1) is 0 Å². The summed E-state index contributed by atoms with van der Waals surface area (Å²) in [5.41, 5.74) is 12.1. The standard InChI is InChI=1S/C49H34N2/c1-4-14-34(15-5-1)35-24-26-36(27-25-35)40-30-41(46-33-39-20-10-11-21-43(39)44-22-12-13-23-45(44)46)32-42(31-40)49-50-47(37-16-6-2-7-17-37)28-29-48(51-49)38-18-8-3-9-19-38/h1-28,30-33H,29H2. The lowest BCUT2D eigenvalue weighted by Gasteiger charge is -2.15. The van der Waals surface area contributed by atoms with Crippen LogP contribution in [0.4, 0.5) is 0 Å². The molecule has 1 heterocycles. The van der Waals surface area contributed by atoms with Crippen LogP contribution in [0.3, 0.4) is 0 Å². The number of nitrogens with zero attached hydrogens (tertiary/aromatic N) is 2. The third-order valence-electron chi connectivity index (χ3n) is 9.73. The molecule has 0 radical (unpaired) electrons. The SMILES string of the molecule is C1=C(c2ccccc2)N=C(c2cc(-c3ccc(-c4ccccc4)cc3)cc(-c3cc4ccccc4c4ccccc34)c2)N=C(c2ccccc2)C1. The molecule has 2 nitrogen and oxygen atoms in total. The monoisotopic (exact) mass is 650 g/mol. The minimum Gasteiger partial charge on any atom is -0.232 e. The van der Waals surface area contributed by atoms with E-state index in [1.54, 1.807) is 0 Å². The van der Waals surface area contributed by atoms with E-state index in [0.717, 1.165) is 44.8 Å². The molecular formula is C49H34N2. The summed E-state index contributed by atoms with van der Waals surface area (Å²) >= 11 is 0. The summed E-state index contributed by atoms with van der Waals surface area (Å²) in [6.07, 6.45) is 2.89. The van der Waals surface area contributed by atoms with Gasteiger partial charge in [-0.25, -0.2) is 9.98 Å². The molecular weight excluding hydrogens is 617 g/mol. The molecule has 0 unspecified atom stereocenters. The van der Waals surface area contributed by atoms with Crippen LogP contribution < -0.4 is 0 Å². The van der Waals surface area contributed by atoms with Crippen LogP contribution in [0.15, 0.2) is 204 Å². The molecule has 9 rings (SSSR count). The fourth-order valence-electron chi connectivity index (χ4n) is 7.14. The molecule has 0 amide bonds. The molecule has 0 aromatic heterocycles. The average Bonchev–Trinajstić information content (AvgIpc) is 3.45. The van der Waals surface area contributed by atoms with Crippen molar-refractivity contribution < 1.29 is 0 Å². The summed E-state index contributed by atoms with van der Waals surface area (Å²) in [5.74, 6) is 0.704. The number of hydrogen-bond acceptors (Lipinski definition) is 2. The van der Waals surface area contributed by atoms with Gasteiger partial charge in [-0.1, -0.05) is 170 Å². The Balaban J connectivity index is 1.28. The number of fused-ring (bicyclic) bond motifs is 3. The summed E-state index contributed by atoms with van der Waals surface area (Å²) in [4.78, 5) is 10.7. The van der Waals surface area contributed by atoms with Gasteiger partial charge >= 0.3 is 0 Å². The Labute approximate surface area is 298 Å². The van der Waals surface area contributed by atoms with E-state index in [4.69, 9.17) is 9.98 Å². The second kappa shape index (κ2) is 13.3. The molecule has 240 valence electrons. The van der Waals surface area contributed by atoms with Gasteiger partial charge in [0.2, 0.25) is 0 Å². The van der Waals surface area contributed by atoms with Gasteiger partial charge in [0.05, 0.1) is 11.4 Å². The van der Waals surface area contributed by atoms with Gasteiger partial charge in [0.1, 0.15) is 0 Å². The number of benzene rings is 8. The van der Waals surface area contributed by atoms with E-state index in [9.17, 15) is 0 Å². The zero-order valence-electron chi connectivity index (χ0n) is 28.1. The summed E-state index contributed by atoms with van der Waals surface area (Å²) in [5, 5.41) is 4.94. The van der Waals surface area contributed by atoms with Gasteiger partial charge < -0.3 is 0 Å². The lowest BCUT2D eigenvalue weighted by Crippen LogP contribution is -2.05. The summed E-state index contributed by atoms with van der Waals surface area (Å²) in [6.45, 7) is 0. The van der Waals surface area contributed by atoms with Gasteiger partial charge in [0.15, 0.2) is 5.84 Å². The van der Waals surface area contributed by atoms with Gasteiger partial charge in [-0.3, -0.25) is 0 Å². The molecule has 0 bridgehead atoms. The fourth-order valence-corrected chi connectivity index (χ4v) is 7.14. The zero-order valence-corrected chi connectivity index (χ0v) is 28.1. The average molecular weight is 651 g/mol. The summed E-state index contributed by atoms with van der Waals surface area (Å²) in [6, 6.07) is 66.9. The molecule has 0 N–H and O–H groups in total. The predicted octanol–water partition coefficient (Wildman–Crippen LogP) is 12.7. The highest BCUT2D eigenvalue weighted by atomic mass is 14.9. The third-order valence-corrected chi connectivity index (χ3v) is 9.73. The van der Waals surface area contributed by atoms with Crippen molar-refractivity contribution in [1.82, 2.24) is 0 Å². The number of allylic oxidation sites excluding steroid dienone is 1. The van der Waals surface area contributed by atoms with E-state index >= 15 is 0 Å². The second-order valence-electron chi connectivity index (χ2n) is 13.0. The Morgan fingerprint density at radius 1 is 0.333 bits per heavy atom. The van der Waals surface area contributed by atoms with E-state index in [0.29, 0.717) is 12.3 Å². The molecule has 0 aliphatic carbocycles. The molecule has 8 aromatic rings. The Morgan fingerprint density at radius 3 is 1.55 bits per heavy atom. The minimum atomic E-state index is 0.685. The topological polar surface area (TPSA) is 24.7 Å². The molecule has 0 fully saturated rings. The van der Waals surface area contributed by atoms with Crippen molar-refractivity contribution in [3.8, 4) is 33.4 Å². The maximum Gasteiger partial charge on any atom is 0.160 e. The van der Waals surface area contributed by atoms with E-state index < -0.39 is 0 Å². The number of aliphatic imine (C=N–C) groups is 2. The van der Waals surface area contributed by atoms with Crippen molar-refractivity contribution in [3.63, 3.8) is 0 Å². The van der Waals surface area contributed by atoms with Crippen molar-refractivity contribution in [3.05, 3.63) is 211 Å². The van der Waals surface area contributed by atoms with E-state index in [-0.39, 0.29) is 0 Å². The van der Waals surface area contributed by atoms with E-state index in [1.807, 2.05) is 12.1 Å². The van der Waals surface area contributed by atoms with Crippen molar-refractivity contribution in [1.29, 1.82) is 0 Å². The fraction of sp³-hybridized carbons (Fsp3) is 0.0204. The molecule has 0 spiro atoms. The van der Waals surface area contributed by atoms with Crippen molar-refractivity contribution in [2.75, 3.05) is 0 Å². The molecule has 2 heteroatoms. The van der Waals surface area contributed by atoms with Gasteiger partial charge in [0.25, 0.3) is 0 Å². The van der Waals surface area contributed by atoms with Gasteiger partial charge in [-0.05, 0) is 90.3 Å². The van der Waals surface area contributed by atoms with Crippen LogP contribution in [0.1, 0.15) is 23.1 Å². The smallest absolute Gasteiger partial charge is 0.160 e. The molecule has 8 aromatic carbocycles. The Hall–Kier alpha value is -6.64. The molecule has 51 heavy (non-hydrogen) atoms. The van der Waals surface area contributed by atoms with Gasteiger partial charge in [0, 0.05) is 12.0 Å². The lowest BCUT2D eigenvalue weighted by atomic mass is 9.90. The summed E-state index contributed by atoms with van der Waals surface area (Å²) in [7, 11) is 0. The lowest BCUT2D eigenvalue weighted by molar-refractivity contribution is 1.42. The zero-order chi connectivity index (χ0) is 34.0. The maximum absolute atomic E-state index is 5.34. The van der Waals surface area contributed by atoms with Crippen molar-refractivity contribution >= 4 is 38.8 Å². The number of rotatable bonds is 6. The summed E-state index contributed by atoms with van der Waals surface area (Å²) < 4.78 is 0. The predicted molar refractivity (Wildman–Crippen MR) is 216 cm³/mol. The molecule has 1 aliphatic rings. The normalized spacial score (nSPS) is 13.0. The van der Waals surface area contributed by atoms with Crippen LogP contribution in [0.5, 0.6) is 0 Å². The molecule has 0 saturated heterocycles. The molecule has 0 atom stereocenters. The highest BCUT2D eigenvalue weighted by Crippen LogP contribution is 2.38. The van der Waals surface area contributed by atoms with Crippen LogP contribution in [-0.2, 0) is 0 Å². The quantitative estimate of drug-likeness (QED) is 0.160. The van der Waals surface area contributed by atoms with Crippen LogP contribution in [0.25, 0.3) is 60.6 Å². The van der Waals surface area contributed by atoms with E-state index in [2.05, 4.69) is 182 Å². The first-order valence-electron chi connectivity index (χ1n) is 17.5. The number of hydrogen-bond donors (Lipinski definition) is 0. The first-order chi connectivity index (χ1) is 25.3. The first kappa shape index (κ1) is 30.4. The maximum atomic E-state index is 5.34.